The van der Waals surface area contributed by atoms with Gasteiger partial charge in [-0.15, -0.1) is 0 Å². The lowest BCUT2D eigenvalue weighted by atomic mass is 9.87. The van der Waals surface area contributed by atoms with E-state index in [9.17, 15) is 13.2 Å². The fourth-order valence-electron chi connectivity index (χ4n) is 6.60. The number of hydrogen-bond donors (Lipinski definition) is 2. The Morgan fingerprint density at radius 2 is 1.76 bits per heavy atom. The van der Waals surface area contributed by atoms with Gasteiger partial charge in [0.2, 0.25) is 0 Å². The first-order valence-corrected chi connectivity index (χ1v) is 15.8. The van der Waals surface area contributed by atoms with E-state index in [0.29, 0.717) is 35.4 Å². The number of hydrogen-bond acceptors (Lipinski definition) is 8. The van der Waals surface area contributed by atoms with Gasteiger partial charge in [0.15, 0.2) is 15.5 Å². The Balaban J connectivity index is 1.27. The Labute approximate surface area is 242 Å². The van der Waals surface area contributed by atoms with Crippen LogP contribution in [0.1, 0.15) is 53.5 Å². The van der Waals surface area contributed by atoms with E-state index in [1.807, 2.05) is 54.3 Å². The van der Waals surface area contributed by atoms with Crippen LogP contribution in [0, 0.1) is 6.92 Å². The van der Waals surface area contributed by atoms with E-state index in [2.05, 4.69) is 20.3 Å². The van der Waals surface area contributed by atoms with Gasteiger partial charge in [-0.2, -0.15) is 14.7 Å². The van der Waals surface area contributed by atoms with Crippen molar-refractivity contribution in [2.24, 2.45) is 0 Å². The van der Waals surface area contributed by atoms with Crippen molar-refractivity contribution in [3.63, 3.8) is 0 Å². The maximum atomic E-state index is 13.3. The minimum atomic E-state index is -3.74. The van der Waals surface area contributed by atoms with Gasteiger partial charge in [-0.25, -0.2) is 13.4 Å². The van der Waals surface area contributed by atoms with Crippen LogP contribution in [0.15, 0.2) is 65.8 Å². The van der Waals surface area contributed by atoms with Crippen molar-refractivity contribution in [1.29, 1.82) is 0 Å². The number of sulfone groups is 1. The number of pyridine rings is 1. The normalized spacial score (nSPS) is 20.3. The molecule has 0 spiro atoms. The number of aromatic nitrogens is 6. The summed E-state index contributed by atoms with van der Waals surface area (Å²) in [6, 6.07) is 15.5. The number of nitrogens with zero attached hydrogens (tertiary/aromatic N) is 6. The summed E-state index contributed by atoms with van der Waals surface area (Å²) in [6.07, 6.45) is 7.44. The predicted molar refractivity (Wildman–Crippen MR) is 157 cm³/mol. The van der Waals surface area contributed by atoms with Crippen LogP contribution < -0.4 is 5.73 Å². The second kappa shape index (κ2) is 9.76. The molecule has 42 heavy (non-hydrogen) atoms. The molecule has 0 aliphatic carbocycles. The molecular weight excluding hydrogens is 552 g/mol. The zero-order valence-electron chi connectivity index (χ0n) is 23.2. The second-order valence-electron chi connectivity index (χ2n) is 11.3. The molecule has 0 radical (unpaired) electrons. The fraction of sp³-hybridized carbons (Fsp3) is 0.300. The molecule has 2 aliphatic heterocycles. The van der Waals surface area contributed by atoms with Crippen molar-refractivity contribution >= 4 is 27.2 Å². The van der Waals surface area contributed by atoms with Crippen LogP contribution in [0.5, 0.6) is 0 Å². The lowest BCUT2D eigenvalue weighted by molar-refractivity contribution is 0.0562. The van der Waals surface area contributed by atoms with Gasteiger partial charge < -0.3 is 10.6 Å². The van der Waals surface area contributed by atoms with Crippen molar-refractivity contribution < 1.29 is 13.2 Å². The van der Waals surface area contributed by atoms with Gasteiger partial charge in [-0.05, 0) is 44.7 Å². The first-order chi connectivity index (χ1) is 20.2. The highest BCUT2D eigenvalue weighted by Gasteiger charge is 2.46. The summed E-state index contributed by atoms with van der Waals surface area (Å²) in [7, 11) is -3.74. The number of carbonyl (C=O) groups excluding carboxylic acids is 1. The second-order valence-corrected chi connectivity index (χ2v) is 13.2. The van der Waals surface area contributed by atoms with Crippen molar-refractivity contribution in [3.8, 4) is 22.4 Å². The number of nitrogen functional groups attached to an aromatic ring is 1. The van der Waals surface area contributed by atoms with E-state index in [1.54, 1.807) is 18.5 Å². The summed E-state index contributed by atoms with van der Waals surface area (Å²) in [5.41, 5.74) is 12.0. The molecule has 0 saturated carbocycles. The average Bonchev–Trinajstić information content (AvgIpc) is 3.68. The minimum Gasteiger partial charge on any atom is -0.382 e. The van der Waals surface area contributed by atoms with Crippen LogP contribution in [0.2, 0.25) is 0 Å². The topological polar surface area (TPSA) is 152 Å². The number of amides is 1. The van der Waals surface area contributed by atoms with E-state index >= 15 is 0 Å². The highest BCUT2D eigenvalue weighted by Crippen LogP contribution is 2.45. The SMILES string of the molecule is Cc1cc(C(=O)N2C3CC[C@@H]2CC(c2nc4c(-c5ccc(-c6ccccc6)nc5)cnn4c(N)c2S(C)(=O)=O)C3)n[nH]1. The quantitative estimate of drug-likeness (QED) is 0.315. The molecule has 11 nitrogen and oxygen atoms in total. The molecule has 214 valence electrons. The van der Waals surface area contributed by atoms with Gasteiger partial charge in [-0.1, -0.05) is 36.4 Å². The smallest absolute Gasteiger partial charge is 0.274 e. The van der Waals surface area contributed by atoms with Gasteiger partial charge >= 0.3 is 0 Å². The number of aryl methyl sites for hydroxylation is 1. The van der Waals surface area contributed by atoms with Crippen molar-refractivity contribution in [1.82, 2.24) is 34.7 Å². The summed E-state index contributed by atoms with van der Waals surface area (Å²) in [4.78, 5) is 24.9. The number of nitrogens with one attached hydrogen (secondary N) is 1. The highest BCUT2D eigenvalue weighted by atomic mass is 32.2. The summed E-state index contributed by atoms with van der Waals surface area (Å²) in [6.45, 7) is 1.86. The third kappa shape index (κ3) is 4.33. The average molecular weight is 583 g/mol. The Hall–Kier alpha value is -4.58. The first-order valence-electron chi connectivity index (χ1n) is 13.9. The Morgan fingerprint density at radius 1 is 1.02 bits per heavy atom. The van der Waals surface area contributed by atoms with E-state index < -0.39 is 9.84 Å². The number of carbonyl (C=O) groups is 1. The minimum absolute atomic E-state index is 0.00861. The van der Waals surface area contributed by atoms with Crippen LogP contribution in [-0.2, 0) is 9.84 Å². The van der Waals surface area contributed by atoms with E-state index in [-0.39, 0.29) is 34.6 Å². The molecule has 2 aliphatic rings. The molecule has 2 bridgehead atoms. The summed E-state index contributed by atoms with van der Waals surface area (Å²) in [5, 5.41) is 11.4. The third-order valence-electron chi connectivity index (χ3n) is 8.46. The molecule has 7 rings (SSSR count). The third-order valence-corrected chi connectivity index (χ3v) is 9.62. The monoisotopic (exact) mass is 582 g/mol. The predicted octanol–water partition coefficient (Wildman–Crippen LogP) is 4.03. The molecule has 3 atom stereocenters. The number of benzene rings is 1. The molecule has 5 aromatic rings. The number of nitrogens with two attached hydrogens (primary N) is 1. The number of piperidine rings is 1. The number of aromatic amines is 1. The number of H-pyrrole nitrogens is 1. The van der Waals surface area contributed by atoms with Gasteiger partial charge in [0.1, 0.15) is 16.4 Å². The van der Waals surface area contributed by atoms with Crippen LogP contribution in [0.4, 0.5) is 5.82 Å². The zero-order valence-corrected chi connectivity index (χ0v) is 24.0. The number of fused-ring (bicyclic) bond motifs is 3. The lowest BCUT2D eigenvalue weighted by Crippen LogP contribution is -2.46. The Bertz CT molecular complexity index is 1920. The van der Waals surface area contributed by atoms with Crippen molar-refractivity contribution in [3.05, 3.63) is 78.0 Å². The first kappa shape index (κ1) is 26.3. The van der Waals surface area contributed by atoms with Crippen molar-refractivity contribution in [2.45, 2.75) is 55.5 Å². The van der Waals surface area contributed by atoms with Crippen LogP contribution in [-0.4, -0.2) is 67.3 Å². The van der Waals surface area contributed by atoms with Gasteiger partial charge in [0.25, 0.3) is 5.91 Å². The fourth-order valence-corrected chi connectivity index (χ4v) is 7.66. The lowest BCUT2D eigenvalue weighted by Gasteiger charge is -2.39. The van der Waals surface area contributed by atoms with Gasteiger partial charge in [0.05, 0.1) is 17.6 Å². The molecule has 12 heteroatoms. The summed E-state index contributed by atoms with van der Waals surface area (Å²) in [5.74, 6) is -0.248. The number of anilines is 1. The molecule has 2 saturated heterocycles. The zero-order chi connectivity index (χ0) is 29.2. The van der Waals surface area contributed by atoms with Crippen LogP contribution in [0.25, 0.3) is 28.0 Å². The number of rotatable bonds is 5. The van der Waals surface area contributed by atoms with Gasteiger partial charge in [-0.3, -0.25) is 14.9 Å². The molecule has 3 N–H and O–H groups in total. The maximum absolute atomic E-state index is 13.3. The standard InChI is InChI=1S/C30H30N8O3S/c1-17-12-25(36-35-17)30(39)37-21-9-10-22(37)14-20(13-21)26-27(42(2,40)41)28(31)38-29(34-26)23(16-33-38)19-8-11-24(32-15-19)18-6-4-3-5-7-18/h3-8,11-12,15-16,20-22H,9-10,13-14,31H2,1-2H3,(H,35,36)/t20?,21-,22?/m1/s1. The molecule has 2 fully saturated rings. The summed E-state index contributed by atoms with van der Waals surface area (Å²) < 4.78 is 27.6. The molecule has 1 amide bonds. The van der Waals surface area contributed by atoms with Crippen molar-refractivity contribution in [2.75, 3.05) is 12.0 Å². The van der Waals surface area contributed by atoms with Crippen LogP contribution in [0.3, 0.4) is 0 Å². The molecular formula is C30H30N8O3S. The Morgan fingerprint density at radius 3 is 2.38 bits per heavy atom. The van der Waals surface area contributed by atoms with E-state index in [4.69, 9.17) is 10.7 Å². The van der Waals surface area contributed by atoms with Gasteiger partial charge in [0, 0.05) is 52.8 Å². The van der Waals surface area contributed by atoms with Crippen LogP contribution >= 0.6 is 0 Å². The Kier molecular flexibility index (Phi) is 6.12. The highest BCUT2D eigenvalue weighted by molar-refractivity contribution is 7.91. The molecule has 1 aromatic carbocycles. The maximum Gasteiger partial charge on any atom is 0.274 e. The summed E-state index contributed by atoms with van der Waals surface area (Å²) >= 11 is 0. The molecule has 2 unspecified atom stereocenters. The molecule has 4 aromatic heterocycles. The van der Waals surface area contributed by atoms with E-state index in [1.165, 1.54) is 4.52 Å². The molecule has 6 heterocycles. The largest absolute Gasteiger partial charge is 0.382 e. The van der Waals surface area contributed by atoms with E-state index in [0.717, 1.165) is 41.6 Å².